The smallest absolute Gasteiger partial charge is 0.227 e. The van der Waals surface area contributed by atoms with Crippen LogP contribution >= 0.6 is 15.9 Å². The minimum absolute atomic E-state index is 0.0501. The van der Waals surface area contributed by atoms with E-state index in [0.29, 0.717) is 23.7 Å². The molecule has 3 N–H and O–H groups in total. The lowest BCUT2D eigenvalue weighted by atomic mass is 9.92. The molecule has 0 fully saturated rings. The third kappa shape index (κ3) is 2.56. The third-order valence-electron chi connectivity index (χ3n) is 2.98. The average molecular weight is 326 g/mol. The summed E-state index contributed by atoms with van der Waals surface area (Å²) in [5.41, 5.74) is 6.71. The van der Waals surface area contributed by atoms with Crippen molar-refractivity contribution in [3.63, 3.8) is 0 Å². The van der Waals surface area contributed by atoms with Gasteiger partial charge in [0.1, 0.15) is 5.52 Å². The summed E-state index contributed by atoms with van der Waals surface area (Å²) in [5, 5.41) is 2.65. The van der Waals surface area contributed by atoms with Crippen LogP contribution < -0.4 is 11.1 Å². The highest BCUT2D eigenvalue weighted by Crippen LogP contribution is 2.25. The van der Waals surface area contributed by atoms with Gasteiger partial charge in [-0.3, -0.25) is 9.36 Å². The number of imidazole rings is 1. The molecule has 0 radical (unpaired) electrons. The molecule has 19 heavy (non-hydrogen) atoms. The van der Waals surface area contributed by atoms with E-state index in [-0.39, 0.29) is 5.91 Å². The van der Waals surface area contributed by atoms with Crippen LogP contribution in [-0.2, 0) is 11.3 Å². The number of nitrogens with two attached hydrogens (primary N) is 1. The van der Waals surface area contributed by atoms with Crippen LogP contribution in [-0.4, -0.2) is 27.5 Å². The fraction of sp³-hybridized carbons (Fsp3) is 0.417. The van der Waals surface area contributed by atoms with Gasteiger partial charge in [0.25, 0.3) is 0 Å². The number of fused-ring (bicyclic) bond motifs is 1. The van der Waals surface area contributed by atoms with Crippen LogP contribution in [0.3, 0.4) is 0 Å². The van der Waals surface area contributed by atoms with Crippen molar-refractivity contribution in [1.29, 1.82) is 0 Å². The molecule has 2 heterocycles. The fourth-order valence-corrected chi connectivity index (χ4v) is 2.28. The van der Waals surface area contributed by atoms with E-state index in [1.807, 2.05) is 19.9 Å². The summed E-state index contributed by atoms with van der Waals surface area (Å²) in [6.45, 7) is 4.13. The topological polar surface area (TPSA) is 85.8 Å². The normalized spacial score (nSPS) is 11.8. The zero-order chi connectivity index (χ0) is 14.2. The van der Waals surface area contributed by atoms with Gasteiger partial charge in [0.2, 0.25) is 11.9 Å². The number of nitrogens with zero attached hydrogens (tertiary/aromatic N) is 3. The maximum Gasteiger partial charge on any atom is 0.227 e. The van der Waals surface area contributed by atoms with Crippen molar-refractivity contribution in [3.8, 4) is 0 Å². The van der Waals surface area contributed by atoms with E-state index in [4.69, 9.17) is 5.73 Å². The van der Waals surface area contributed by atoms with E-state index in [2.05, 4.69) is 31.2 Å². The lowest BCUT2D eigenvalue weighted by molar-refractivity contribution is -0.129. The highest BCUT2D eigenvalue weighted by molar-refractivity contribution is 9.10. The summed E-state index contributed by atoms with van der Waals surface area (Å²) in [7, 11) is 1.62. The first kappa shape index (κ1) is 13.8. The number of hydrogen-bond acceptors (Lipinski definition) is 4. The Hall–Kier alpha value is -1.63. The number of nitrogens with one attached hydrogen (secondary N) is 1. The predicted octanol–water partition coefficient (Wildman–Crippen LogP) is 1.55. The van der Waals surface area contributed by atoms with Gasteiger partial charge in [0.05, 0.1) is 5.41 Å². The van der Waals surface area contributed by atoms with E-state index in [0.717, 1.165) is 4.47 Å². The van der Waals surface area contributed by atoms with Crippen LogP contribution in [0.15, 0.2) is 16.7 Å². The van der Waals surface area contributed by atoms with Crippen LogP contribution in [0.25, 0.3) is 11.2 Å². The van der Waals surface area contributed by atoms with Crippen molar-refractivity contribution in [2.75, 3.05) is 12.8 Å². The van der Waals surface area contributed by atoms with Crippen LogP contribution in [0, 0.1) is 5.41 Å². The molecule has 0 bridgehead atoms. The van der Waals surface area contributed by atoms with Crippen LogP contribution in [0.1, 0.15) is 13.8 Å². The molecule has 7 heteroatoms. The molecule has 2 rings (SSSR count). The minimum Gasteiger partial charge on any atom is -0.369 e. The number of nitrogen functional groups attached to an aromatic ring is 1. The first-order valence-electron chi connectivity index (χ1n) is 5.84. The lowest BCUT2D eigenvalue weighted by Gasteiger charge is -2.23. The molecular weight excluding hydrogens is 310 g/mol. The number of rotatable bonds is 3. The Balaban J connectivity index is 2.46. The second kappa shape index (κ2) is 4.80. The summed E-state index contributed by atoms with van der Waals surface area (Å²) in [6.07, 6.45) is 1.69. The maximum atomic E-state index is 11.8. The Morgan fingerprint density at radius 2 is 2.26 bits per heavy atom. The molecular formula is C12H16BrN5O. The van der Waals surface area contributed by atoms with E-state index >= 15 is 0 Å². The molecule has 0 saturated heterocycles. The van der Waals surface area contributed by atoms with Gasteiger partial charge in [-0.25, -0.2) is 9.97 Å². The predicted molar refractivity (Wildman–Crippen MR) is 77.5 cm³/mol. The lowest BCUT2D eigenvalue weighted by Crippen LogP contribution is -2.38. The average Bonchev–Trinajstić information content (AvgIpc) is 2.63. The van der Waals surface area contributed by atoms with Crippen molar-refractivity contribution in [1.82, 2.24) is 19.9 Å². The summed E-state index contributed by atoms with van der Waals surface area (Å²) < 4.78 is 2.60. The number of amides is 1. The Bertz CT molecular complexity index is 634. The fourth-order valence-electron chi connectivity index (χ4n) is 1.97. The molecule has 0 saturated carbocycles. The summed E-state index contributed by atoms with van der Waals surface area (Å²) in [4.78, 5) is 20.4. The van der Waals surface area contributed by atoms with Crippen molar-refractivity contribution in [3.05, 3.63) is 16.7 Å². The Morgan fingerprint density at radius 3 is 2.89 bits per heavy atom. The highest BCUT2D eigenvalue weighted by atomic mass is 79.9. The molecule has 2 aromatic rings. The second-order valence-electron chi connectivity index (χ2n) is 5.02. The molecule has 1 amide bonds. The third-order valence-corrected chi connectivity index (χ3v) is 3.41. The van der Waals surface area contributed by atoms with Gasteiger partial charge in [0.15, 0.2) is 5.65 Å². The van der Waals surface area contributed by atoms with Gasteiger partial charge < -0.3 is 11.1 Å². The molecule has 0 aliphatic rings. The van der Waals surface area contributed by atoms with Gasteiger partial charge in [-0.05, 0) is 35.8 Å². The number of aromatic nitrogens is 3. The Kier molecular flexibility index (Phi) is 3.49. The first-order chi connectivity index (χ1) is 8.85. The van der Waals surface area contributed by atoms with E-state index in [1.54, 1.807) is 17.8 Å². The zero-order valence-electron chi connectivity index (χ0n) is 11.1. The number of anilines is 1. The van der Waals surface area contributed by atoms with Crippen LogP contribution in [0.2, 0.25) is 0 Å². The van der Waals surface area contributed by atoms with E-state index in [1.165, 1.54) is 0 Å². The quantitative estimate of drug-likeness (QED) is 0.896. The van der Waals surface area contributed by atoms with Crippen molar-refractivity contribution in [2.24, 2.45) is 5.41 Å². The number of pyridine rings is 1. The van der Waals surface area contributed by atoms with Crippen molar-refractivity contribution in [2.45, 2.75) is 20.4 Å². The molecule has 0 atom stereocenters. The van der Waals surface area contributed by atoms with Gasteiger partial charge in [-0.2, -0.15) is 0 Å². The molecule has 0 spiro atoms. The van der Waals surface area contributed by atoms with Gasteiger partial charge in [-0.1, -0.05) is 0 Å². The SMILES string of the molecule is CNC(=O)C(C)(C)Cn1c(N)nc2cc(Br)cnc21. The van der Waals surface area contributed by atoms with Gasteiger partial charge in [-0.15, -0.1) is 0 Å². The van der Waals surface area contributed by atoms with Gasteiger partial charge >= 0.3 is 0 Å². The number of halogens is 1. The van der Waals surface area contributed by atoms with Crippen molar-refractivity contribution >= 4 is 38.9 Å². The Morgan fingerprint density at radius 1 is 1.58 bits per heavy atom. The molecule has 0 aromatic carbocycles. The largest absolute Gasteiger partial charge is 0.369 e. The first-order valence-corrected chi connectivity index (χ1v) is 6.64. The van der Waals surface area contributed by atoms with Crippen LogP contribution in [0.5, 0.6) is 0 Å². The van der Waals surface area contributed by atoms with Crippen LogP contribution in [0.4, 0.5) is 5.95 Å². The minimum atomic E-state index is -0.592. The molecule has 0 aliphatic carbocycles. The number of hydrogen-bond donors (Lipinski definition) is 2. The monoisotopic (exact) mass is 325 g/mol. The summed E-state index contributed by atoms with van der Waals surface area (Å²) in [5.74, 6) is 0.309. The standard InChI is InChI=1S/C12H16BrN5O/c1-12(2,10(19)15-3)6-18-9-8(17-11(18)14)4-7(13)5-16-9/h4-5H,6H2,1-3H3,(H2,14,17)(H,15,19). The van der Waals surface area contributed by atoms with E-state index in [9.17, 15) is 4.79 Å². The number of carbonyl (C=O) groups is 1. The highest BCUT2D eigenvalue weighted by Gasteiger charge is 2.29. The van der Waals surface area contributed by atoms with E-state index < -0.39 is 5.41 Å². The molecule has 2 aromatic heterocycles. The molecule has 0 unspecified atom stereocenters. The number of carbonyl (C=O) groups excluding carboxylic acids is 1. The zero-order valence-corrected chi connectivity index (χ0v) is 12.7. The second-order valence-corrected chi connectivity index (χ2v) is 5.93. The summed E-state index contributed by atoms with van der Waals surface area (Å²) in [6, 6.07) is 1.85. The maximum absolute atomic E-state index is 11.8. The van der Waals surface area contributed by atoms with Gasteiger partial charge in [0, 0.05) is 24.3 Å². The Labute approximate surface area is 119 Å². The molecule has 0 aliphatic heterocycles. The molecule has 6 nitrogen and oxygen atoms in total. The summed E-state index contributed by atoms with van der Waals surface area (Å²) >= 11 is 3.35. The van der Waals surface area contributed by atoms with Crippen molar-refractivity contribution < 1.29 is 4.79 Å². The molecule has 102 valence electrons.